The SMILES string of the molecule is CC[C@H](C(=O)NC1CCCC1)N(Cc1ccccc1Cl)C(=O)Cc1c(F)cccc1Cl. The van der Waals surface area contributed by atoms with Gasteiger partial charge in [-0.3, -0.25) is 9.59 Å². The molecule has 166 valence electrons. The fraction of sp³-hybridized carbons (Fsp3) is 0.417. The van der Waals surface area contributed by atoms with E-state index in [4.69, 9.17) is 23.2 Å². The third-order valence-electron chi connectivity index (χ3n) is 5.78. The van der Waals surface area contributed by atoms with E-state index >= 15 is 0 Å². The maximum Gasteiger partial charge on any atom is 0.243 e. The molecule has 1 N–H and O–H groups in total. The predicted octanol–water partition coefficient (Wildman–Crippen LogP) is 5.54. The molecule has 2 aromatic carbocycles. The van der Waals surface area contributed by atoms with E-state index in [0.29, 0.717) is 11.4 Å². The molecule has 0 heterocycles. The number of hydrogen-bond acceptors (Lipinski definition) is 2. The minimum Gasteiger partial charge on any atom is -0.352 e. The van der Waals surface area contributed by atoms with Crippen molar-refractivity contribution in [2.75, 3.05) is 0 Å². The number of halogens is 3. The van der Waals surface area contributed by atoms with Crippen molar-refractivity contribution in [3.05, 3.63) is 69.5 Å². The molecule has 2 amide bonds. The van der Waals surface area contributed by atoms with Gasteiger partial charge in [-0.05, 0) is 43.0 Å². The van der Waals surface area contributed by atoms with Gasteiger partial charge < -0.3 is 10.2 Å². The van der Waals surface area contributed by atoms with Crippen molar-refractivity contribution >= 4 is 35.0 Å². The largest absolute Gasteiger partial charge is 0.352 e. The van der Waals surface area contributed by atoms with Crippen LogP contribution in [0.5, 0.6) is 0 Å². The first kappa shape index (κ1) is 23.6. The van der Waals surface area contributed by atoms with Crippen molar-refractivity contribution in [1.29, 1.82) is 0 Å². The van der Waals surface area contributed by atoms with Crippen molar-refractivity contribution in [2.45, 2.75) is 64.1 Å². The maximum atomic E-state index is 14.3. The third kappa shape index (κ3) is 5.98. The van der Waals surface area contributed by atoms with Crippen LogP contribution in [-0.2, 0) is 22.6 Å². The standard InChI is InChI=1S/C24H27Cl2FN2O2/c1-2-22(24(31)28-17-9-4-5-10-17)29(15-16-8-3-6-11-19(16)25)23(30)14-18-20(26)12-7-13-21(18)27/h3,6-8,11-13,17,22H,2,4-5,9-10,14-15H2,1H3,(H,28,31)/t22-/m1/s1. The number of carbonyl (C=O) groups excluding carboxylic acids is 2. The van der Waals surface area contributed by atoms with Crippen LogP contribution in [-0.4, -0.2) is 28.8 Å². The molecule has 7 heteroatoms. The molecule has 0 bridgehead atoms. The summed E-state index contributed by atoms with van der Waals surface area (Å²) in [5, 5.41) is 3.79. The van der Waals surface area contributed by atoms with Crippen molar-refractivity contribution in [3.63, 3.8) is 0 Å². The predicted molar refractivity (Wildman–Crippen MR) is 122 cm³/mol. The Labute approximate surface area is 192 Å². The minimum absolute atomic E-state index is 0.129. The molecular weight excluding hydrogens is 438 g/mol. The Morgan fingerprint density at radius 3 is 2.42 bits per heavy atom. The zero-order valence-corrected chi connectivity index (χ0v) is 19.1. The van der Waals surface area contributed by atoms with Gasteiger partial charge in [-0.1, -0.05) is 67.2 Å². The Hall–Kier alpha value is -2.11. The Morgan fingerprint density at radius 1 is 1.10 bits per heavy atom. The first-order chi connectivity index (χ1) is 14.9. The van der Waals surface area contributed by atoms with Gasteiger partial charge in [-0.15, -0.1) is 0 Å². The molecule has 0 radical (unpaired) electrons. The molecule has 1 aliphatic carbocycles. The first-order valence-corrected chi connectivity index (χ1v) is 11.4. The summed E-state index contributed by atoms with van der Waals surface area (Å²) >= 11 is 12.5. The van der Waals surface area contributed by atoms with E-state index in [0.717, 1.165) is 31.2 Å². The summed E-state index contributed by atoms with van der Waals surface area (Å²) in [4.78, 5) is 27.9. The van der Waals surface area contributed by atoms with Gasteiger partial charge in [0.2, 0.25) is 11.8 Å². The van der Waals surface area contributed by atoms with E-state index in [1.807, 2.05) is 19.1 Å². The van der Waals surface area contributed by atoms with E-state index in [-0.39, 0.29) is 41.4 Å². The molecule has 2 aromatic rings. The second kappa shape index (κ2) is 11.0. The number of carbonyl (C=O) groups is 2. The molecule has 1 saturated carbocycles. The van der Waals surface area contributed by atoms with Gasteiger partial charge in [0.25, 0.3) is 0 Å². The highest BCUT2D eigenvalue weighted by atomic mass is 35.5. The molecule has 1 fully saturated rings. The zero-order chi connectivity index (χ0) is 22.4. The van der Waals surface area contributed by atoms with Crippen LogP contribution in [0.3, 0.4) is 0 Å². The lowest BCUT2D eigenvalue weighted by Gasteiger charge is -2.32. The Bertz CT molecular complexity index is 911. The van der Waals surface area contributed by atoms with Crippen molar-refractivity contribution in [1.82, 2.24) is 10.2 Å². The number of hydrogen-bond donors (Lipinski definition) is 1. The van der Waals surface area contributed by atoms with Gasteiger partial charge in [0.15, 0.2) is 0 Å². The molecular formula is C24H27Cl2FN2O2. The number of nitrogens with zero attached hydrogens (tertiary/aromatic N) is 1. The average Bonchev–Trinajstić information content (AvgIpc) is 3.25. The Kier molecular flexibility index (Phi) is 8.33. The monoisotopic (exact) mass is 464 g/mol. The summed E-state index contributed by atoms with van der Waals surface area (Å²) in [6.45, 7) is 2.02. The highest BCUT2D eigenvalue weighted by Gasteiger charge is 2.31. The Morgan fingerprint density at radius 2 is 1.77 bits per heavy atom. The molecule has 1 atom stereocenters. The normalized spacial score (nSPS) is 15.0. The molecule has 0 aliphatic heterocycles. The lowest BCUT2D eigenvalue weighted by molar-refractivity contribution is -0.141. The topological polar surface area (TPSA) is 49.4 Å². The van der Waals surface area contributed by atoms with Gasteiger partial charge >= 0.3 is 0 Å². The van der Waals surface area contributed by atoms with Gasteiger partial charge in [-0.2, -0.15) is 0 Å². The average molecular weight is 465 g/mol. The van der Waals surface area contributed by atoms with Gasteiger partial charge in [-0.25, -0.2) is 4.39 Å². The van der Waals surface area contributed by atoms with E-state index < -0.39 is 11.9 Å². The minimum atomic E-state index is -0.685. The summed E-state index contributed by atoms with van der Waals surface area (Å²) in [6, 6.07) is 11.0. The molecule has 3 rings (SSSR count). The van der Waals surface area contributed by atoms with E-state index in [9.17, 15) is 14.0 Å². The van der Waals surface area contributed by atoms with Gasteiger partial charge in [0.1, 0.15) is 11.9 Å². The second-order valence-electron chi connectivity index (χ2n) is 7.90. The van der Waals surface area contributed by atoms with Crippen LogP contribution in [0.15, 0.2) is 42.5 Å². The summed E-state index contributed by atoms with van der Waals surface area (Å²) in [7, 11) is 0. The van der Waals surface area contributed by atoms with E-state index in [1.165, 1.54) is 17.0 Å². The van der Waals surface area contributed by atoms with Crippen molar-refractivity contribution < 1.29 is 14.0 Å². The second-order valence-corrected chi connectivity index (χ2v) is 8.72. The van der Waals surface area contributed by atoms with Crippen LogP contribution in [0.4, 0.5) is 4.39 Å². The van der Waals surface area contributed by atoms with Crippen LogP contribution in [0.25, 0.3) is 0 Å². The highest BCUT2D eigenvalue weighted by Crippen LogP contribution is 2.24. The highest BCUT2D eigenvalue weighted by molar-refractivity contribution is 6.31. The van der Waals surface area contributed by atoms with Crippen LogP contribution < -0.4 is 5.32 Å². The van der Waals surface area contributed by atoms with E-state index in [1.54, 1.807) is 18.2 Å². The smallest absolute Gasteiger partial charge is 0.243 e. The molecule has 31 heavy (non-hydrogen) atoms. The fourth-order valence-corrected chi connectivity index (χ4v) is 4.48. The van der Waals surface area contributed by atoms with Crippen LogP contribution >= 0.6 is 23.2 Å². The summed E-state index contributed by atoms with van der Waals surface area (Å²) in [5.41, 5.74) is 0.855. The lowest BCUT2D eigenvalue weighted by atomic mass is 10.1. The van der Waals surface area contributed by atoms with Crippen molar-refractivity contribution in [2.24, 2.45) is 0 Å². The molecule has 0 aromatic heterocycles. The number of benzene rings is 2. The first-order valence-electron chi connectivity index (χ1n) is 10.7. The Balaban J connectivity index is 1.87. The van der Waals surface area contributed by atoms with Crippen LogP contribution in [0.2, 0.25) is 10.0 Å². The summed E-state index contributed by atoms with van der Waals surface area (Å²) < 4.78 is 14.3. The molecule has 1 aliphatic rings. The quantitative estimate of drug-likeness (QED) is 0.557. The summed E-state index contributed by atoms with van der Waals surface area (Å²) in [5.74, 6) is -1.10. The van der Waals surface area contributed by atoms with Crippen LogP contribution in [0.1, 0.15) is 50.2 Å². The number of rotatable bonds is 8. The molecule has 0 spiro atoms. The van der Waals surface area contributed by atoms with Gasteiger partial charge in [0.05, 0.1) is 6.42 Å². The lowest BCUT2D eigenvalue weighted by Crippen LogP contribution is -2.51. The fourth-order valence-electron chi connectivity index (χ4n) is 4.05. The van der Waals surface area contributed by atoms with Gasteiger partial charge in [0, 0.05) is 28.2 Å². The molecule has 0 saturated heterocycles. The number of amides is 2. The van der Waals surface area contributed by atoms with Crippen molar-refractivity contribution in [3.8, 4) is 0 Å². The molecule has 0 unspecified atom stereocenters. The maximum absolute atomic E-state index is 14.3. The van der Waals surface area contributed by atoms with Crippen LogP contribution in [0, 0.1) is 5.82 Å². The molecule has 4 nitrogen and oxygen atoms in total. The number of nitrogens with one attached hydrogen (secondary N) is 1. The third-order valence-corrected chi connectivity index (χ3v) is 6.50. The zero-order valence-electron chi connectivity index (χ0n) is 17.5. The summed E-state index contributed by atoms with van der Waals surface area (Å²) in [6.07, 6.45) is 4.28. The van der Waals surface area contributed by atoms with E-state index in [2.05, 4.69) is 5.32 Å².